The number of H-pyrrole nitrogens is 1. The molecule has 3 aliphatic heterocycles. The van der Waals surface area contributed by atoms with Crippen LogP contribution in [0.1, 0.15) is 11.1 Å². The van der Waals surface area contributed by atoms with Crippen molar-refractivity contribution in [1.82, 2.24) is 10.2 Å². The van der Waals surface area contributed by atoms with Gasteiger partial charge in [-0.15, -0.1) is 0 Å². The van der Waals surface area contributed by atoms with Gasteiger partial charge in [-0.2, -0.15) is 5.10 Å². The molecule has 8 nitrogen and oxygen atoms in total. The number of carbonyl (C=O) groups is 2. The second-order valence-electron chi connectivity index (χ2n) is 7.36. The molecule has 0 bridgehead atoms. The molecule has 1 amide bonds. The van der Waals surface area contributed by atoms with Crippen molar-refractivity contribution >= 4 is 23.4 Å². The van der Waals surface area contributed by atoms with Crippen LogP contribution in [-0.2, 0) is 19.7 Å². The Bertz CT molecular complexity index is 1280. The smallest absolute Gasteiger partial charge is 0.338 e. The van der Waals surface area contributed by atoms with Crippen LogP contribution in [0.2, 0.25) is 0 Å². The number of fused-ring (bicyclic) bond motifs is 5. The molecular formula is C22H16N4O4. The summed E-state index contributed by atoms with van der Waals surface area (Å²) in [6, 6.07) is 14.9. The van der Waals surface area contributed by atoms with Crippen molar-refractivity contribution in [3.8, 4) is 17.0 Å². The number of hydrogen-bond acceptors (Lipinski definition) is 6. The highest BCUT2D eigenvalue weighted by Gasteiger charge is 2.61. The Morgan fingerprint density at radius 1 is 1.10 bits per heavy atom. The fraction of sp³-hybridized carbons (Fsp3) is 0.136. The van der Waals surface area contributed by atoms with Crippen LogP contribution in [-0.4, -0.2) is 35.8 Å². The van der Waals surface area contributed by atoms with Gasteiger partial charge in [-0.05, 0) is 23.8 Å². The molecule has 2 aromatic carbocycles. The van der Waals surface area contributed by atoms with E-state index >= 15 is 0 Å². The number of esters is 1. The molecule has 1 aromatic heterocycles. The summed E-state index contributed by atoms with van der Waals surface area (Å²) >= 11 is 0. The van der Waals surface area contributed by atoms with E-state index in [2.05, 4.69) is 20.8 Å². The molecule has 3 N–H and O–H groups in total. The number of nitrogens with zero attached hydrogens (tertiary/aromatic N) is 1. The molecule has 0 aliphatic carbocycles. The number of cyclic esters (lactones) is 1. The Hall–Kier alpha value is -4.07. The Morgan fingerprint density at radius 3 is 2.73 bits per heavy atom. The van der Waals surface area contributed by atoms with E-state index in [1.807, 2.05) is 30.3 Å². The summed E-state index contributed by atoms with van der Waals surface area (Å²) in [5, 5.41) is 13.6. The van der Waals surface area contributed by atoms with Crippen molar-refractivity contribution in [3.63, 3.8) is 0 Å². The minimum Gasteiger partial charge on any atom is -0.497 e. The normalized spacial score (nSPS) is 21.0. The number of aromatic amines is 1. The molecule has 6 rings (SSSR count). The molecule has 1 unspecified atom stereocenters. The predicted octanol–water partition coefficient (Wildman–Crippen LogP) is 2.56. The SMILES string of the molecule is COc1ccc2c(c1)C1(C(=O)N2)C2=C(COC2=O)Nc2n[nH]c(-c3ccccc3)c21. The average Bonchev–Trinajstić information content (AvgIpc) is 3.44. The summed E-state index contributed by atoms with van der Waals surface area (Å²) in [6.45, 7) is 0.0649. The summed E-state index contributed by atoms with van der Waals surface area (Å²) in [5.74, 6) is 0.243. The van der Waals surface area contributed by atoms with E-state index < -0.39 is 11.4 Å². The van der Waals surface area contributed by atoms with Gasteiger partial charge in [0.15, 0.2) is 5.82 Å². The highest BCUT2D eigenvalue weighted by molar-refractivity contribution is 6.19. The maximum atomic E-state index is 13.7. The Kier molecular flexibility index (Phi) is 3.22. The van der Waals surface area contributed by atoms with Crippen molar-refractivity contribution < 1.29 is 19.1 Å². The molecule has 0 radical (unpaired) electrons. The standard InChI is InChI=1S/C22H16N4O4/c1-29-12-7-8-14-13(9-12)22(21(28)24-14)16-15(10-30-20(16)27)23-19-17(22)18(25-26-19)11-5-3-2-4-6-11/h2-9H,10H2,1H3,(H,24,28)(H2,23,25,26). The van der Waals surface area contributed by atoms with Crippen molar-refractivity contribution in [1.29, 1.82) is 0 Å². The molecule has 0 fully saturated rings. The van der Waals surface area contributed by atoms with E-state index in [-0.39, 0.29) is 18.1 Å². The number of methoxy groups -OCH3 is 1. The van der Waals surface area contributed by atoms with Crippen LogP contribution in [0.4, 0.5) is 11.5 Å². The van der Waals surface area contributed by atoms with Gasteiger partial charge in [-0.25, -0.2) is 4.79 Å². The fourth-order valence-electron chi connectivity index (χ4n) is 4.67. The van der Waals surface area contributed by atoms with Gasteiger partial charge in [-0.3, -0.25) is 9.89 Å². The number of benzene rings is 2. The average molecular weight is 400 g/mol. The van der Waals surface area contributed by atoms with Crippen LogP contribution < -0.4 is 15.4 Å². The first-order chi connectivity index (χ1) is 14.6. The van der Waals surface area contributed by atoms with E-state index in [9.17, 15) is 9.59 Å². The number of rotatable bonds is 2. The summed E-state index contributed by atoms with van der Waals surface area (Å²) in [7, 11) is 1.56. The van der Waals surface area contributed by atoms with Gasteiger partial charge in [0, 0.05) is 16.8 Å². The molecule has 4 heterocycles. The second kappa shape index (κ2) is 5.73. The molecule has 30 heavy (non-hydrogen) atoms. The molecule has 1 atom stereocenters. The first-order valence-corrected chi connectivity index (χ1v) is 9.46. The lowest BCUT2D eigenvalue weighted by Gasteiger charge is -2.32. The van der Waals surface area contributed by atoms with Crippen LogP contribution in [0.25, 0.3) is 11.3 Å². The maximum absolute atomic E-state index is 13.7. The monoisotopic (exact) mass is 400 g/mol. The Labute approximate surface area is 170 Å². The fourth-order valence-corrected chi connectivity index (χ4v) is 4.67. The molecule has 0 saturated carbocycles. The van der Waals surface area contributed by atoms with Crippen molar-refractivity contribution in [2.24, 2.45) is 0 Å². The Balaban J connectivity index is 1.74. The summed E-state index contributed by atoms with van der Waals surface area (Å²) in [6.07, 6.45) is 0. The number of carbonyl (C=O) groups excluding carboxylic acids is 2. The number of aromatic nitrogens is 2. The molecule has 3 aromatic rings. The van der Waals surface area contributed by atoms with Crippen molar-refractivity contribution in [2.75, 3.05) is 24.4 Å². The zero-order chi connectivity index (χ0) is 20.5. The quantitative estimate of drug-likeness (QED) is 0.571. The maximum Gasteiger partial charge on any atom is 0.338 e. The van der Waals surface area contributed by atoms with Crippen LogP contribution >= 0.6 is 0 Å². The topological polar surface area (TPSA) is 105 Å². The minimum atomic E-state index is -1.40. The zero-order valence-corrected chi connectivity index (χ0v) is 15.9. The van der Waals surface area contributed by atoms with Crippen molar-refractivity contribution in [2.45, 2.75) is 5.41 Å². The number of ether oxygens (including phenoxy) is 2. The third-order valence-corrected chi connectivity index (χ3v) is 5.92. The number of anilines is 2. The number of hydrogen-bond donors (Lipinski definition) is 3. The lowest BCUT2D eigenvalue weighted by Crippen LogP contribution is -2.43. The predicted molar refractivity (Wildman–Crippen MR) is 108 cm³/mol. The summed E-state index contributed by atoms with van der Waals surface area (Å²) < 4.78 is 10.7. The van der Waals surface area contributed by atoms with E-state index in [0.717, 1.165) is 5.56 Å². The highest BCUT2D eigenvalue weighted by Crippen LogP contribution is 2.56. The van der Waals surface area contributed by atoms with E-state index in [1.165, 1.54) is 0 Å². The lowest BCUT2D eigenvalue weighted by molar-refractivity contribution is -0.137. The van der Waals surface area contributed by atoms with Gasteiger partial charge in [0.25, 0.3) is 0 Å². The van der Waals surface area contributed by atoms with Crippen LogP contribution in [0.3, 0.4) is 0 Å². The van der Waals surface area contributed by atoms with Crippen LogP contribution in [0, 0.1) is 0 Å². The summed E-state index contributed by atoms with van der Waals surface area (Å²) in [5.41, 5.74) is 2.81. The van der Waals surface area contributed by atoms with E-state index in [0.29, 0.717) is 39.8 Å². The van der Waals surface area contributed by atoms with Crippen LogP contribution in [0.5, 0.6) is 5.75 Å². The Morgan fingerprint density at radius 2 is 1.93 bits per heavy atom. The van der Waals surface area contributed by atoms with Gasteiger partial charge in [0.05, 0.1) is 24.1 Å². The molecular weight excluding hydrogens is 384 g/mol. The van der Waals surface area contributed by atoms with Gasteiger partial charge >= 0.3 is 5.97 Å². The van der Waals surface area contributed by atoms with E-state index in [1.54, 1.807) is 25.3 Å². The lowest BCUT2D eigenvalue weighted by atomic mass is 9.67. The number of nitrogens with one attached hydrogen (secondary N) is 3. The zero-order valence-electron chi connectivity index (χ0n) is 15.9. The molecule has 0 saturated heterocycles. The number of amides is 1. The van der Waals surface area contributed by atoms with Gasteiger partial charge in [-0.1, -0.05) is 30.3 Å². The van der Waals surface area contributed by atoms with Gasteiger partial charge < -0.3 is 20.1 Å². The van der Waals surface area contributed by atoms with E-state index in [4.69, 9.17) is 9.47 Å². The largest absolute Gasteiger partial charge is 0.497 e. The third kappa shape index (κ3) is 1.92. The van der Waals surface area contributed by atoms with Crippen molar-refractivity contribution in [3.05, 3.63) is 70.9 Å². The molecule has 8 heteroatoms. The first kappa shape index (κ1) is 16.8. The molecule has 3 aliphatic rings. The highest BCUT2D eigenvalue weighted by atomic mass is 16.5. The van der Waals surface area contributed by atoms with Gasteiger partial charge in [0.2, 0.25) is 5.91 Å². The molecule has 1 spiro atoms. The first-order valence-electron chi connectivity index (χ1n) is 9.46. The minimum absolute atomic E-state index is 0.0649. The summed E-state index contributed by atoms with van der Waals surface area (Å²) in [4.78, 5) is 26.6. The second-order valence-corrected chi connectivity index (χ2v) is 7.36. The third-order valence-electron chi connectivity index (χ3n) is 5.92. The van der Waals surface area contributed by atoms with Crippen LogP contribution in [0.15, 0.2) is 59.8 Å². The van der Waals surface area contributed by atoms with Gasteiger partial charge in [0.1, 0.15) is 17.8 Å². The molecule has 148 valence electrons.